The van der Waals surface area contributed by atoms with Crippen molar-refractivity contribution in [2.24, 2.45) is 15.1 Å². The van der Waals surface area contributed by atoms with Gasteiger partial charge >= 0.3 is 0 Å². The fraction of sp³-hybridized carbons (Fsp3) is 0.417. The van der Waals surface area contributed by atoms with Gasteiger partial charge in [-0.1, -0.05) is 11.6 Å². The molecule has 1 N–H and O–H groups in total. The Labute approximate surface area is 202 Å². The number of nitrogens with zero attached hydrogens (tertiary/aromatic N) is 5. The Morgan fingerprint density at radius 2 is 1.97 bits per heavy atom. The maximum absolute atomic E-state index is 13.9. The van der Waals surface area contributed by atoms with Crippen molar-refractivity contribution in [3.8, 4) is 0 Å². The Hall–Kier alpha value is -3.07. The highest BCUT2D eigenvalue weighted by atomic mass is 35.5. The summed E-state index contributed by atoms with van der Waals surface area (Å²) < 4.78 is 35.3. The van der Waals surface area contributed by atoms with Crippen molar-refractivity contribution >= 4 is 29.5 Å². The summed E-state index contributed by atoms with van der Waals surface area (Å²) in [5.74, 6) is -0.302. The lowest BCUT2D eigenvalue weighted by molar-refractivity contribution is 0.221. The van der Waals surface area contributed by atoms with E-state index in [2.05, 4.69) is 20.5 Å². The number of imidazole rings is 1. The summed E-state index contributed by atoms with van der Waals surface area (Å²) in [5.41, 5.74) is 4.20. The van der Waals surface area contributed by atoms with Crippen LogP contribution < -0.4 is 5.43 Å². The largest absolute Gasteiger partial charge is 0.499 e. The van der Waals surface area contributed by atoms with E-state index < -0.39 is 11.6 Å². The first-order valence-electron chi connectivity index (χ1n) is 11.2. The molecule has 2 aliphatic rings. The Balaban J connectivity index is 1.62. The average Bonchev–Trinajstić information content (AvgIpc) is 3.23. The van der Waals surface area contributed by atoms with Gasteiger partial charge in [0.2, 0.25) is 5.96 Å². The first-order valence-corrected chi connectivity index (χ1v) is 11.6. The number of aromatic nitrogens is 2. The predicted molar refractivity (Wildman–Crippen MR) is 130 cm³/mol. The minimum absolute atomic E-state index is 0.00559. The van der Waals surface area contributed by atoms with Crippen LogP contribution in [-0.2, 0) is 4.74 Å². The molecule has 3 unspecified atom stereocenters. The van der Waals surface area contributed by atoms with Crippen LogP contribution in [0.2, 0.25) is 5.15 Å². The third-order valence-corrected chi connectivity index (χ3v) is 6.23. The zero-order valence-corrected chi connectivity index (χ0v) is 19.8. The van der Waals surface area contributed by atoms with E-state index in [1.54, 1.807) is 25.8 Å². The van der Waals surface area contributed by atoms with E-state index >= 15 is 0 Å². The second-order valence-electron chi connectivity index (χ2n) is 8.39. The number of hydrogen-bond acceptors (Lipinski definition) is 4. The van der Waals surface area contributed by atoms with E-state index in [4.69, 9.17) is 21.3 Å². The number of hydrazone groups is 1. The number of rotatable bonds is 4. The first kappa shape index (κ1) is 24.1. The molecule has 0 saturated carbocycles. The molecule has 0 radical (unpaired) electrons. The topological polar surface area (TPSA) is 76.2 Å². The van der Waals surface area contributed by atoms with Crippen LogP contribution in [-0.4, -0.2) is 40.6 Å². The van der Waals surface area contributed by atoms with Gasteiger partial charge in [-0.05, 0) is 62.8 Å². The highest BCUT2D eigenvalue weighted by Crippen LogP contribution is 2.32. The van der Waals surface area contributed by atoms with E-state index in [1.165, 1.54) is 12.1 Å². The fourth-order valence-corrected chi connectivity index (χ4v) is 4.55. The van der Waals surface area contributed by atoms with Crippen molar-refractivity contribution in [2.75, 3.05) is 7.11 Å². The molecule has 4 rings (SSSR count). The second-order valence-corrected chi connectivity index (χ2v) is 8.78. The van der Waals surface area contributed by atoms with Crippen LogP contribution in [0, 0.1) is 11.6 Å². The number of nitrogens with one attached hydrogen (secondary N) is 1. The highest BCUT2D eigenvalue weighted by Gasteiger charge is 2.26. The summed E-state index contributed by atoms with van der Waals surface area (Å²) in [6, 6.07) is 3.44. The molecule has 0 bridgehead atoms. The van der Waals surface area contributed by atoms with E-state index in [0.717, 1.165) is 37.5 Å². The third kappa shape index (κ3) is 5.88. The number of guanidine groups is 1. The smallest absolute Gasteiger partial charge is 0.239 e. The zero-order valence-electron chi connectivity index (χ0n) is 19.1. The summed E-state index contributed by atoms with van der Waals surface area (Å²) in [6.07, 6.45) is 11.0. The molecule has 1 aromatic heterocycles. The van der Waals surface area contributed by atoms with Crippen molar-refractivity contribution in [1.82, 2.24) is 15.0 Å². The summed E-state index contributed by atoms with van der Waals surface area (Å²) in [4.78, 5) is 13.5. The van der Waals surface area contributed by atoms with Crippen molar-refractivity contribution in [3.63, 3.8) is 0 Å². The average molecular weight is 489 g/mol. The minimum atomic E-state index is -0.596. The standard InChI is InChI=1S/C24H27ClF2N6O/c1-15-20(16-9-17(26)11-18(27)10-16)5-3-4-8-29-32-24(30-15)31-19-6-7-21(22(12-19)34-2)33-13-23(25)28-14-33/h8-14,19-21H,3-7H2,1-2H3,(H,31,32)/b29-8-,30-15?. The molecule has 180 valence electrons. The van der Waals surface area contributed by atoms with Gasteiger partial charge in [-0.15, -0.1) is 0 Å². The highest BCUT2D eigenvalue weighted by molar-refractivity contribution is 6.29. The molecule has 2 aromatic rings. The van der Waals surface area contributed by atoms with Crippen LogP contribution in [0.15, 0.2) is 57.6 Å². The molecule has 34 heavy (non-hydrogen) atoms. The van der Waals surface area contributed by atoms with Gasteiger partial charge < -0.3 is 9.30 Å². The van der Waals surface area contributed by atoms with E-state index in [9.17, 15) is 8.78 Å². The minimum Gasteiger partial charge on any atom is -0.499 e. The number of aliphatic imine (C=N–C) groups is 2. The molecule has 1 aliphatic heterocycles. The predicted octanol–water partition coefficient (Wildman–Crippen LogP) is 5.41. The molecule has 10 heteroatoms. The number of hydrogen-bond donors (Lipinski definition) is 1. The number of benzene rings is 1. The summed E-state index contributed by atoms with van der Waals surface area (Å²) in [5, 5.41) is 4.66. The number of methoxy groups -OCH3 is 1. The second kappa shape index (κ2) is 10.9. The van der Waals surface area contributed by atoms with Crippen LogP contribution in [0.5, 0.6) is 0 Å². The van der Waals surface area contributed by atoms with Crippen molar-refractivity contribution < 1.29 is 13.5 Å². The summed E-state index contributed by atoms with van der Waals surface area (Å²) in [6.45, 7) is 1.85. The maximum atomic E-state index is 13.9. The molecule has 2 heterocycles. The molecule has 0 amide bonds. The van der Waals surface area contributed by atoms with Gasteiger partial charge in [-0.2, -0.15) is 5.10 Å². The summed E-state index contributed by atoms with van der Waals surface area (Å²) in [7, 11) is 1.63. The van der Waals surface area contributed by atoms with Gasteiger partial charge in [0.15, 0.2) is 0 Å². The van der Waals surface area contributed by atoms with Gasteiger partial charge in [-0.25, -0.2) is 29.2 Å². The van der Waals surface area contributed by atoms with Gasteiger partial charge in [0, 0.05) is 30.1 Å². The van der Waals surface area contributed by atoms with Crippen LogP contribution in [0.25, 0.3) is 0 Å². The molecule has 0 spiro atoms. The van der Waals surface area contributed by atoms with Crippen LogP contribution in [0.4, 0.5) is 8.78 Å². The van der Waals surface area contributed by atoms with Crippen molar-refractivity contribution in [3.05, 3.63) is 64.9 Å². The third-order valence-electron chi connectivity index (χ3n) is 6.03. The van der Waals surface area contributed by atoms with Crippen LogP contribution in [0.3, 0.4) is 0 Å². The number of allylic oxidation sites excluding steroid dienone is 1. The SMILES string of the molecule is COC1=CC(N=C2N=C(C)C(c3cc(F)cc(F)c3)CCC/C=N\N2)CCC1n1cnc(Cl)c1. The quantitative estimate of drug-likeness (QED) is 0.625. The van der Waals surface area contributed by atoms with Gasteiger partial charge in [0.25, 0.3) is 0 Å². The Bertz CT molecular complexity index is 1120. The lowest BCUT2D eigenvalue weighted by Crippen LogP contribution is -2.25. The normalized spacial score (nSPS) is 25.8. The Kier molecular flexibility index (Phi) is 7.72. The molecule has 1 aliphatic carbocycles. The molecule has 7 nitrogen and oxygen atoms in total. The van der Waals surface area contributed by atoms with Gasteiger partial charge in [0.1, 0.15) is 22.5 Å². The number of ether oxygens (including phenoxy) is 1. The molecular weight excluding hydrogens is 462 g/mol. The Morgan fingerprint density at radius 3 is 2.68 bits per heavy atom. The Morgan fingerprint density at radius 1 is 1.18 bits per heavy atom. The molecule has 1 aromatic carbocycles. The van der Waals surface area contributed by atoms with E-state index in [1.807, 2.05) is 17.6 Å². The van der Waals surface area contributed by atoms with Gasteiger partial charge in [-0.3, -0.25) is 0 Å². The van der Waals surface area contributed by atoms with Crippen molar-refractivity contribution in [2.45, 2.75) is 57.0 Å². The zero-order chi connectivity index (χ0) is 24.1. The lowest BCUT2D eigenvalue weighted by Gasteiger charge is -2.27. The summed E-state index contributed by atoms with van der Waals surface area (Å²) >= 11 is 5.98. The van der Waals surface area contributed by atoms with Crippen molar-refractivity contribution in [1.29, 1.82) is 0 Å². The van der Waals surface area contributed by atoms with E-state index in [0.29, 0.717) is 28.8 Å². The molecule has 0 saturated heterocycles. The van der Waals surface area contributed by atoms with Crippen LogP contribution >= 0.6 is 11.6 Å². The number of halogens is 3. The monoisotopic (exact) mass is 488 g/mol. The molecular formula is C24H27ClF2N6O. The molecule has 3 atom stereocenters. The van der Waals surface area contributed by atoms with Gasteiger partial charge in [0.05, 0.1) is 25.5 Å². The molecule has 0 fully saturated rings. The van der Waals surface area contributed by atoms with E-state index in [-0.39, 0.29) is 18.0 Å². The van der Waals surface area contributed by atoms with Crippen LogP contribution in [0.1, 0.15) is 56.6 Å². The fourth-order valence-electron chi connectivity index (χ4n) is 4.40. The first-order chi connectivity index (χ1) is 16.4. The maximum Gasteiger partial charge on any atom is 0.239 e. The lowest BCUT2D eigenvalue weighted by atomic mass is 9.89.